The van der Waals surface area contributed by atoms with Gasteiger partial charge in [0.15, 0.2) is 0 Å². The third-order valence-electron chi connectivity index (χ3n) is 4.67. The lowest BCUT2D eigenvalue weighted by Gasteiger charge is -2.13. The van der Waals surface area contributed by atoms with Crippen molar-refractivity contribution in [2.75, 3.05) is 11.9 Å². The number of nitrogens with one attached hydrogen (secondary N) is 1. The van der Waals surface area contributed by atoms with Crippen LogP contribution in [0.15, 0.2) is 35.4 Å². The molecule has 7 heteroatoms. The van der Waals surface area contributed by atoms with Crippen molar-refractivity contribution >= 4 is 50.9 Å². The molecular formula is C22H24N2O3S2. The van der Waals surface area contributed by atoms with Crippen LogP contribution in [-0.4, -0.2) is 28.7 Å². The topological polar surface area (TPSA) is 68.3 Å². The number of anilines is 1. The molecule has 0 saturated heterocycles. The summed E-state index contributed by atoms with van der Waals surface area (Å²) in [7, 11) is 0. The fourth-order valence-corrected chi connectivity index (χ4v) is 4.97. The van der Waals surface area contributed by atoms with Gasteiger partial charge in [-0.1, -0.05) is 30.0 Å². The van der Waals surface area contributed by atoms with Gasteiger partial charge < -0.3 is 10.1 Å². The molecule has 152 valence electrons. The monoisotopic (exact) mass is 428 g/mol. The fraction of sp³-hybridized carbons (Fsp3) is 0.318. The number of esters is 1. The number of fused-ring (bicyclic) bond motifs is 1. The first-order chi connectivity index (χ1) is 13.8. The highest BCUT2D eigenvalue weighted by molar-refractivity contribution is 8.00. The molecule has 2 heterocycles. The van der Waals surface area contributed by atoms with E-state index in [9.17, 15) is 9.59 Å². The number of carbonyl (C=O) groups excluding carboxylic acids is 2. The molecule has 3 rings (SSSR count). The average Bonchev–Trinajstić information content (AvgIpc) is 2.95. The summed E-state index contributed by atoms with van der Waals surface area (Å²) in [6.07, 6.45) is 0. The Morgan fingerprint density at radius 3 is 2.69 bits per heavy atom. The van der Waals surface area contributed by atoms with Crippen LogP contribution in [0.1, 0.15) is 40.2 Å². The van der Waals surface area contributed by atoms with E-state index in [2.05, 4.69) is 10.3 Å². The van der Waals surface area contributed by atoms with Gasteiger partial charge in [0.2, 0.25) is 5.91 Å². The SMILES string of the molecule is CCOC(=O)c1c(NC(=O)C(C)Sc2cc(C)c3ccccc3n2)sc(C)c1C. The number of carbonyl (C=O) groups is 2. The number of hydrogen-bond acceptors (Lipinski definition) is 6. The lowest BCUT2D eigenvalue weighted by molar-refractivity contribution is -0.115. The Morgan fingerprint density at radius 1 is 1.24 bits per heavy atom. The van der Waals surface area contributed by atoms with Crippen molar-refractivity contribution in [3.8, 4) is 0 Å². The number of rotatable bonds is 6. The van der Waals surface area contributed by atoms with Crippen molar-refractivity contribution in [1.29, 1.82) is 0 Å². The van der Waals surface area contributed by atoms with Crippen LogP contribution in [-0.2, 0) is 9.53 Å². The number of thiophene rings is 1. The summed E-state index contributed by atoms with van der Waals surface area (Å²) in [4.78, 5) is 30.8. The zero-order valence-corrected chi connectivity index (χ0v) is 18.8. The Kier molecular flexibility index (Phi) is 6.59. The third-order valence-corrected chi connectivity index (χ3v) is 6.81. The first-order valence-electron chi connectivity index (χ1n) is 9.42. The minimum absolute atomic E-state index is 0.172. The Labute approximate surface area is 178 Å². The van der Waals surface area contributed by atoms with Gasteiger partial charge >= 0.3 is 5.97 Å². The van der Waals surface area contributed by atoms with Crippen LogP contribution < -0.4 is 5.32 Å². The molecule has 0 fully saturated rings. The summed E-state index contributed by atoms with van der Waals surface area (Å²) in [5.74, 6) is -0.578. The zero-order valence-electron chi connectivity index (χ0n) is 17.2. The molecule has 0 saturated carbocycles. The lowest BCUT2D eigenvalue weighted by Crippen LogP contribution is -2.23. The standard InChI is InChI=1S/C22H24N2O3S2/c1-6-27-22(26)19-13(3)14(4)29-21(19)24-20(25)15(5)28-18-11-12(2)16-9-7-8-10-17(16)23-18/h7-11,15H,6H2,1-5H3,(H,24,25). The molecule has 0 spiro atoms. The van der Waals surface area contributed by atoms with Gasteiger partial charge in [0, 0.05) is 10.3 Å². The van der Waals surface area contributed by atoms with Gasteiger partial charge in [-0.3, -0.25) is 4.79 Å². The van der Waals surface area contributed by atoms with Gasteiger partial charge in [0.25, 0.3) is 0 Å². The molecule has 1 aromatic carbocycles. The summed E-state index contributed by atoms with van der Waals surface area (Å²) >= 11 is 2.79. The second-order valence-corrected chi connectivity index (χ2v) is 9.34. The predicted molar refractivity (Wildman–Crippen MR) is 120 cm³/mol. The summed E-state index contributed by atoms with van der Waals surface area (Å²) in [6, 6.07) is 9.96. The molecule has 0 aliphatic carbocycles. The maximum Gasteiger partial charge on any atom is 0.341 e. The molecule has 1 unspecified atom stereocenters. The van der Waals surface area contributed by atoms with Crippen molar-refractivity contribution in [1.82, 2.24) is 4.98 Å². The number of nitrogens with zero attached hydrogens (tertiary/aromatic N) is 1. The van der Waals surface area contributed by atoms with E-state index in [1.54, 1.807) is 6.92 Å². The van der Waals surface area contributed by atoms with Crippen LogP contribution in [0.5, 0.6) is 0 Å². The van der Waals surface area contributed by atoms with E-state index in [0.717, 1.165) is 31.9 Å². The third kappa shape index (κ3) is 4.62. The van der Waals surface area contributed by atoms with Crippen LogP contribution in [0.2, 0.25) is 0 Å². The van der Waals surface area contributed by atoms with Crippen LogP contribution in [0.25, 0.3) is 10.9 Å². The molecule has 29 heavy (non-hydrogen) atoms. The maximum atomic E-state index is 12.8. The first kappa shape index (κ1) is 21.3. The van der Waals surface area contributed by atoms with Gasteiger partial charge in [0.05, 0.1) is 28.0 Å². The fourth-order valence-electron chi connectivity index (χ4n) is 2.99. The molecule has 1 atom stereocenters. The molecule has 1 amide bonds. The van der Waals surface area contributed by atoms with Crippen LogP contribution in [0, 0.1) is 20.8 Å². The van der Waals surface area contributed by atoms with Crippen LogP contribution in [0.3, 0.4) is 0 Å². The minimum atomic E-state index is -0.406. The number of para-hydroxylation sites is 1. The Morgan fingerprint density at radius 2 is 1.97 bits per heavy atom. The second-order valence-electron chi connectivity index (χ2n) is 6.75. The number of pyridine rings is 1. The van der Waals surface area contributed by atoms with Gasteiger partial charge in [-0.2, -0.15) is 0 Å². The highest BCUT2D eigenvalue weighted by atomic mass is 32.2. The van der Waals surface area contributed by atoms with Gasteiger partial charge in [-0.25, -0.2) is 9.78 Å². The highest BCUT2D eigenvalue weighted by Crippen LogP contribution is 2.34. The number of aromatic nitrogens is 1. The summed E-state index contributed by atoms with van der Waals surface area (Å²) in [5, 5.41) is 4.99. The first-order valence-corrected chi connectivity index (χ1v) is 11.1. The number of ether oxygens (including phenoxy) is 1. The molecule has 3 aromatic rings. The van der Waals surface area contributed by atoms with Crippen molar-refractivity contribution in [3.63, 3.8) is 0 Å². The molecule has 0 aliphatic rings. The lowest BCUT2D eigenvalue weighted by atomic mass is 10.1. The van der Waals surface area contributed by atoms with E-state index in [1.807, 2.05) is 58.0 Å². The van der Waals surface area contributed by atoms with E-state index in [4.69, 9.17) is 4.74 Å². The molecule has 5 nitrogen and oxygen atoms in total. The zero-order chi connectivity index (χ0) is 21.1. The summed E-state index contributed by atoms with van der Waals surface area (Å²) in [6.45, 7) is 9.74. The smallest absolute Gasteiger partial charge is 0.341 e. The Hall–Kier alpha value is -2.38. The summed E-state index contributed by atoms with van der Waals surface area (Å²) in [5.41, 5.74) is 3.33. The quantitative estimate of drug-likeness (QED) is 0.414. The predicted octanol–water partition coefficient (Wildman–Crippen LogP) is 5.52. The van der Waals surface area contributed by atoms with Gasteiger partial charge in [-0.05, 0) is 57.9 Å². The van der Waals surface area contributed by atoms with Crippen molar-refractivity contribution in [2.24, 2.45) is 0 Å². The normalized spacial score (nSPS) is 12.0. The van der Waals surface area contributed by atoms with Crippen molar-refractivity contribution < 1.29 is 14.3 Å². The molecular weight excluding hydrogens is 404 g/mol. The highest BCUT2D eigenvalue weighted by Gasteiger charge is 2.24. The number of aryl methyl sites for hydroxylation is 2. The minimum Gasteiger partial charge on any atom is -0.462 e. The molecule has 1 N–H and O–H groups in total. The van der Waals surface area contributed by atoms with Crippen molar-refractivity contribution in [2.45, 2.75) is 44.9 Å². The number of benzene rings is 1. The van der Waals surface area contributed by atoms with Crippen LogP contribution >= 0.6 is 23.1 Å². The average molecular weight is 429 g/mol. The van der Waals surface area contributed by atoms with E-state index < -0.39 is 5.97 Å². The van der Waals surface area contributed by atoms with Gasteiger partial charge in [-0.15, -0.1) is 11.3 Å². The van der Waals surface area contributed by atoms with Gasteiger partial charge in [0.1, 0.15) is 5.00 Å². The molecule has 0 aliphatic heterocycles. The molecule has 0 bridgehead atoms. The molecule has 0 radical (unpaired) electrons. The van der Waals surface area contributed by atoms with Crippen molar-refractivity contribution in [3.05, 3.63) is 51.9 Å². The Balaban J connectivity index is 1.78. The maximum absolute atomic E-state index is 12.8. The number of hydrogen-bond donors (Lipinski definition) is 1. The van der Waals surface area contributed by atoms with E-state index in [0.29, 0.717) is 17.2 Å². The summed E-state index contributed by atoms with van der Waals surface area (Å²) < 4.78 is 5.16. The van der Waals surface area contributed by atoms with E-state index >= 15 is 0 Å². The van der Waals surface area contributed by atoms with E-state index in [-0.39, 0.29) is 11.2 Å². The number of thioether (sulfide) groups is 1. The number of amides is 1. The van der Waals surface area contributed by atoms with Crippen LogP contribution in [0.4, 0.5) is 5.00 Å². The largest absolute Gasteiger partial charge is 0.462 e. The Bertz CT molecular complexity index is 1080. The second kappa shape index (κ2) is 8.97. The van der Waals surface area contributed by atoms with E-state index in [1.165, 1.54) is 23.1 Å². The molecule has 2 aromatic heterocycles.